The number of hydrogen-bond acceptors (Lipinski definition) is 6. The molecule has 0 atom stereocenters. The maximum atomic E-state index is 14.2. The summed E-state index contributed by atoms with van der Waals surface area (Å²) in [7, 11) is 1.51. The lowest BCUT2D eigenvalue weighted by molar-refractivity contribution is 0.415. The average Bonchev–Trinajstić information content (AvgIpc) is 2.87. The number of methoxy groups -OCH3 is 1. The molecule has 184 valence electrons. The molecule has 4 rings (SSSR count). The highest BCUT2D eigenvalue weighted by atomic mass is 19.2. The van der Waals surface area contributed by atoms with Gasteiger partial charge in [-0.3, -0.25) is 9.36 Å². The number of anilines is 2. The van der Waals surface area contributed by atoms with E-state index >= 15 is 0 Å². The maximum Gasteiger partial charge on any atom is 0.355 e. The van der Waals surface area contributed by atoms with E-state index in [2.05, 4.69) is 21.9 Å². The second kappa shape index (κ2) is 10.2. The number of benzene rings is 2. The fourth-order valence-corrected chi connectivity index (χ4v) is 3.55. The third-order valence-corrected chi connectivity index (χ3v) is 5.40. The van der Waals surface area contributed by atoms with Crippen molar-refractivity contribution in [3.05, 3.63) is 121 Å². The summed E-state index contributed by atoms with van der Waals surface area (Å²) in [5.41, 5.74) is -1.36. The van der Waals surface area contributed by atoms with Crippen molar-refractivity contribution in [2.24, 2.45) is 0 Å². The molecule has 0 aliphatic heterocycles. The molecule has 36 heavy (non-hydrogen) atoms. The molecule has 0 aliphatic rings. The minimum atomic E-state index is -1.11. The Kier molecular flexibility index (Phi) is 6.91. The summed E-state index contributed by atoms with van der Waals surface area (Å²) in [5.74, 6) is -1.72. The normalized spacial score (nSPS) is 10.8. The Hall–Kier alpha value is -4.80. The van der Waals surface area contributed by atoms with Crippen LogP contribution in [0.1, 0.15) is 16.7 Å². The monoisotopic (exact) mass is 493 g/mol. The second-order valence-corrected chi connectivity index (χ2v) is 7.74. The zero-order valence-corrected chi connectivity index (χ0v) is 19.1. The number of aromatic amines is 1. The molecule has 0 saturated carbocycles. The van der Waals surface area contributed by atoms with Crippen molar-refractivity contribution in [1.29, 1.82) is 0 Å². The standard InChI is InChI=1S/C25H21F2N5O4/c1-3-16-11-15(12-20(26)21(16)27)13-31-23(29-18-6-8-19(36-2)9-7-18)30-24(34)32(25(31)35)14-17-5-4-10-28-22(17)33/h3-12H,1,13-14H2,2H3,(H,28,33)(H,29,30,34). The molecular formula is C25H21F2N5O4. The van der Waals surface area contributed by atoms with Gasteiger partial charge >= 0.3 is 11.4 Å². The highest BCUT2D eigenvalue weighted by Crippen LogP contribution is 2.20. The van der Waals surface area contributed by atoms with Gasteiger partial charge in [-0.25, -0.2) is 22.9 Å². The number of aromatic nitrogens is 4. The lowest BCUT2D eigenvalue weighted by Gasteiger charge is -2.16. The molecule has 2 heterocycles. The van der Waals surface area contributed by atoms with Crippen molar-refractivity contribution in [2.75, 3.05) is 12.4 Å². The topological polar surface area (TPSA) is 111 Å². The van der Waals surface area contributed by atoms with E-state index in [4.69, 9.17) is 4.74 Å². The first-order valence-corrected chi connectivity index (χ1v) is 10.7. The Morgan fingerprint density at radius 3 is 2.50 bits per heavy atom. The molecule has 0 bridgehead atoms. The fourth-order valence-electron chi connectivity index (χ4n) is 3.55. The second-order valence-electron chi connectivity index (χ2n) is 7.74. The van der Waals surface area contributed by atoms with Gasteiger partial charge in [0, 0.05) is 23.0 Å². The van der Waals surface area contributed by atoms with Crippen LogP contribution in [0.3, 0.4) is 0 Å². The first-order chi connectivity index (χ1) is 17.3. The number of nitrogens with one attached hydrogen (secondary N) is 2. The van der Waals surface area contributed by atoms with Gasteiger partial charge in [-0.1, -0.05) is 18.7 Å². The van der Waals surface area contributed by atoms with Crippen molar-refractivity contribution >= 4 is 17.7 Å². The van der Waals surface area contributed by atoms with Crippen molar-refractivity contribution in [3.63, 3.8) is 0 Å². The first-order valence-electron chi connectivity index (χ1n) is 10.7. The van der Waals surface area contributed by atoms with Crippen LogP contribution >= 0.6 is 0 Å². The summed E-state index contributed by atoms with van der Waals surface area (Å²) in [6, 6.07) is 12.0. The van der Waals surface area contributed by atoms with Gasteiger partial charge in [-0.2, -0.15) is 4.98 Å². The molecule has 2 aromatic heterocycles. The quantitative estimate of drug-likeness (QED) is 0.391. The van der Waals surface area contributed by atoms with E-state index in [1.54, 1.807) is 30.3 Å². The van der Waals surface area contributed by atoms with Crippen LogP contribution in [0.15, 0.2) is 75.7 Å². The molecule has 0 unspecified atom stereocenters. The summed E-state index contributed by atoms with van der Waals surface area (Å²) in [4.78, 5) is 44.9. The van der Waals surface area contributed by atoms with Gasteiger partial charge in [0.25, 0.3) is 5.56 Å². The molecule has 11 heteroatoms. The SMILES string of the molecule is C=Cc1cc(Cn2c(Nc3ccc(OC)cc3)nc(=O)n(Cc3ccc[nH]c3=O)c2=O)cc(F)c1F. The summed E-state index contributed by atoms with van der Waals surface area (Å²) < 4.78 is 35.2. The van der Waals surface area contributed by atoms with Crippen LogP contribution in [0.2, 0.25) is 0 Å². The predicted molar refractivity (Wildman–Crippen MR) is 131 cm³/mol. The van der Waals surface area contributed by atoms with E-state index in [9.17, 15) is 23.2 Å². The third-order valence-electron chi connectivity index (χ3n) is 5.40. The Morgan fingerprint density at radius 1 is 1.08 bits per heavy atom. The molecule has 0 fully saturated rings. The van der Waals surface area contributed by atoms with Crippen LogP contribution < -0.4 is 27.0 Å². The molecule has 9 nitrogen and oxygen atoms in total. The predicted octanol–water partition coefficient (Wildman–Crippen LogP) is 2.86. The molecule has 0 aliphatic carbocycles. The van der Waals surface area contributed by atoms with Crippen LogP contribution in [-0.4, -0.2) is 26.2 Å². The van der Waals surface area contributed by atoms with E-state index in [-0.39, 0.29) is 35.7 Å². The molecule has 4 aromatic rings. The Bertz CT molecular complexity index is 1610. The van der Waals surface area contributed by atoms with E-state index in [1.165, 1.54) is 25.4 Å². The van der Waals surface area contributed by atoms with Gasteiger partial charge in [0.15, 0.2) is 11.6 Å². The summed E-state index contributed by atoms with van der Waals surface area (Å²) in [6.07, 6.45) is 2.58. The zero-order valence-electron chi connectivity index (χ0n) is 19.1. The van der Waals surface area contributed by atoms with Crippen LogP contribution in [0.5, 0.6) is 5.75 Å². The molecular weight excluding hydrogens is 472 g/mol. The van der Waals surface area contributed by atoms with Crippen molar-refractivity contribution in [1.82, 2.24) is 19.1 Å². The van der Waals surface area contributed by atoms with Crippen LogP contribution in [-0.2, 0) is 13.1 Å². The molecule has 2 N–H and O–H groups in total. The lowest BCUT2D eigenvalue weighted by Crippen LogP contribution is -2.43. The van der Waals surface area contributed by atoms with Crippen molar-refractivity contribution in [2.45, 2.75) is 13.1 Å². The van der Waals surface area contributed by atoms with E-state index in [1.807, 2.05) is 0 Å². The summed E-state index contributed by atoms with van der Waals surface area (Å²) >= 11 is 0. The molecule has 2 aromatic carbocycles. The highest BCUT2D eigenvalue weighted by molar-refractivity contribution is 5.55. The Morgan fingerprint density at radius 2 is 1.83 bits per heavy atom. The summed E-state index contributed by atoms with van der Waals surface area (Å²) in [6.45, 7) is 2.89. The van der Waals surface area contributed by atoms with Gasteiger partial charge < -0.3 is 15.0 Å². The minimum Gasteiger partial charge on any atom is -0.497 e. The smallest absolute Gasteiger partial charge is 0.355 e. The maximum absolute atomic E-state index is 14.2. The average molecular weight is 493 g/mol. The highest BCUT2D eigenvalue weighted by Gasteiger charge is 2.17. The van der Waals surface area contributed by atoms with Crippen LogP contribution in [0, 0.1) is 11.6 Å². The number of rotatable bonds is 8. The third kappa shape index (κ3) is 4.99. The van der Waals surface area contributed by atoms with Crippen molar-refractivity contribution in [3.8, 4) is 5.75 Å². The number of hydrogen-bond donors (Lipinski definition) is 2. The van der Waals surface area contributed by atoms with Gasteiger partial charge in [0.1, 0.15) is 5.75 Å². The lowest BCUT2D eigenvalue weighted by atomic mass is 10.1. The molecule has 0 amide bonds. The van der Waals surface area contributed by atoms with Crippen LogP contribution in [0.25, 0.3) is 6.08 Å². The van der Waals surface area contributed by atoms with Gasteiger partial charge in [0.05, 0.1) is 20.2 Å². The molecule has 0 saturated heterocycles. The van der Waals surface area contributed by atoms with Gasteiger partial charge in [-0.05, 0) is 48.0 Å². The van der Waals surface area contributed by atoms with Crippen LogP contribution in [0.4, 0.5) is 20.4 Å². The molecule has 0 spiro atoms. The number of nitrogens with zero attached hydrogens (tertiary/aromatic N) is 3. The fraction of sp³-hybridized carbons (Fsp3) is 0.120. The Balaban J connectivity index is 1.84. The molecule has 0 radical (unpaired) electrons. The van der Waals surface area contributed by atoms with Gasteiger partial charge in [-0.15, -0.1) is 0 Å². The number of H-pyrrole nitrogens is 1. The number of ether oxygens (including phenoxy) is 1. The Labute approximate surface area is 203 Å². The number of pyridine rings is 1. The largest absolute Gasteiger partial charge is 0.497 e. The first kappa shape index (κ1) is 24.3. The minimum absolute atomic E-state index is 0.0835. The van der Waals surface area contributed by atoms with Crippen molar-refractivity contribution < 1.29 is 13.5 Å². The summed E-state index contributed by atoms with van der Waals surface area (Å²) in [5, 5.41) is 2.91. The zero-order chi connectivity index (χ0) is 25.8. The van der Waals surface area contributed by atoms with E-state index < -0.39 is 28.6 Å². The number of halogens is 2. The van der Waals surface area contributed by atoms with E-state index in [0.717, 1.165) is 21.3 Å². The van der Waals surface area contributed by atoms with Gasteiger partial charge in [0.2, 0.25) is 5.95 Å². The van der Waals surface area contributed by atoms with E-state index in [0.29, 0.717) is 11.4 Å².